The highest BCUT2D eigenvalue weighted by molar-refractivity contribution is 6.22. The zero-order valence-electron chi connectivity index (χ0n) is 43.4. The Hall–Kier alpha value is -5.50. The van der Waals surface area contributed by atoms with E-state index in [0.29, 0.717) is 36.1 Å². The lowest BCUT2D eigenvalue weighted by atomic mass is 10.0. The molecule has 0 saturated carbocycles. The van der Waals surface area contributed by atoms with Crippen molar-refractivity contribution in [2.75, 3.05) is 23.8 Å². The van der Waals surface area contributed by atoms with E-state index in [1.807, 2.05) is 0 Å². The molecule has 0 radical (unpaired) electrons. The van der Waals surface area contributed by atoms with E-state index in [1.54, 1.807) is 0 Å². The fraction of sp³-hybridized carbons (Fsp3) is 0.516. The Kier molecular flexibility index (Phi) is 20.8. The van der Waals surface area contributed by atoms with Crippen LogP contribution in [0.5, 0.6) is 11.5 Å². The van der Waals surface area contributed by atoms with Crippen LogP contribution in [-0.4, -0.2) is 33.9 Å². The number of allylic oxidation sites excluding steroid dienone is 2. The molecule has 2 N–H and O–H groups in total. The summed E-state index contributed by atoms with van der Waals surface area (Å²) in [6.45, 7) is 12.0. The third kappa shape index (κ3) is 13.9. The number of nitrogens with zero attached hydrogens (tertiary/aromatic N) is 2. The summed E-state index contributed by atoms with van der Waals surface area (Å²) in [6.07, 6.45) is 31.7. The Labute approximate surface area is 419 Å². The minimum Gasteiger partial charge on any atom is -0.491 e. The van der Waals surface area contributed by atoms with Gasteiger partial charge in [-0.2, -0.15) is 0 Å². The molecule has 0 spiro atoms. The Morgan fingerprint density at radius 2 is 0.729 bits per heavy atom. The van der Waals surface area contributed by atoms with E-state index in [-0.39, 0.29) is 23.0 Å². The summed E-state index contributed by atoms with van der Waals surface area (Å²) in [5.41, 5.74) is 6.47. The summed E-state index contributed by atoms with van der Waals surface area (Å²) in [4.78, 5) is 28.5. The molecule has 0 bridgehead atoms. The van der Waals surface area contributed by atoms with Crippen LogP contribution in [0.15, 0.2) is 96.3 Å². The van der Waals surface area contributed by atoms with E-state index in [2.05, 4.69) is 120 Å². The predicted molar refractivity (Wildman–Crippen MR) is 297 cm³/mol. The van der Waals surface area contributed by atoms with Crippen LogP contribution in [0.4, 0.5) is 11.4 Å². The highest BCUT2D eigenvalue weighted by atomic mass is 16.5. The number of unbranched alkanes of at least 4 members (excludes halogenated alkanes) is 20. The molecule has 2 heterocycles. The van der Waals surface area contributed by atoms with Gasteiger partial charge in [0, 0.05) is 70.0 Å². The third-order valence-corrected chi connectivity index (χ3v) is 14.3. The van der Waals surface area contributed by atoms with E-state index in [9.17, 15) is 9.59 Å². The number of anilines is 2. The number of benzene rings is 4. The number of ketones is 2. The van der Waals surface area contributed by atoms with Gasteiger partial charge in [0.1, 0.15) is 11.5 Å². The average Bonchev–Trinajstić information content (AvgIpc) is 3.84. The molecule has 0 saturated heterocycles. The fourth-order valence-corrected chi connectivity index (χ4v) is 10.3. The number of fused-ring (bicyclic) bond motifs is 6. The zero-order valence-corrected chi connectivity index (χ0v) is 43.4. The van der Waals surface area contributed by atoms with Crippen molar-refractivity contribution in [2.24, 2.45) is 0 Å². The first-order valence-electron chi connectivity index (χ1n) is 27.9. The minimum atomic E-state index is -0.277. The Morgan fingerprint density at radius 1 is 0.386 bits per heavy atom. The minimum absolute atomic E-state index is 0.225. The molecule has 0 atom stereocenters. The molecule has 0 unspecified atom stereocenters. The van der Waals surface area contributed by atoms with Crippen molar-refractivity contribution in [3.05, 3.63) is 96.3 Å². The number of aromatic nitrogens is 2. The zero-order chi connectivity index (χ0) is 48.9. The van der Waals surface area contributed by atoms with Crippen LogP contribution in [0.1, 0.15) is 182 Å². The van der Waals surface area contributed by atoms with Crippen LogP contribution in [0.25, 0.3) is 43.6 Å². The summed E-state index contributed by atoms with van der Waals surface area (Å²) >= 11 is 0. The molecule has 1 aliphatic rings. The average molecular weight is 949 g/mol. The number of carbonyl (C=O) groups is 2. The number of carbonyl (C=O) groups excluding carboxylic acids is 2. The monoisotopic (exact) mass is 949 g/mol. The topological polar surface area (TPSA) is 86.5 Å². The molecule has 1 aliphatic carbocycles. The smallest absolute Gasteiger partial charge is 0.204 e. The molecule has 376 valence electrons. The number of aryl methyl sites for hydroxylation is 2. The molecule has 0 fully saturated rings. The van der Waals surface area contributed by atoms with Crippen molar-refractivity contribution in [1.29, 1.82) is 0 Å². The van der Waals surface area contributed by atoms with E-state index >= 15 is 0 Å². The quantitative estimate of drug-likeness (QED) is 0.0310. The van der Waals surface area contributed by atoms with Crippen molar-refractivity contribution >= 4 is 66.6 Å². The summed E-state index contributed by atoms with van der Waals surface area (Å²) in [5.74, 6) is 0.831. The summed E-state index contributed by atoms with van der Waals surface area (Å²) in [5, 5.41) is 11.4. The van der Waals surface area contributed by atoms with Gasteiger partial charge >= 0.3 is 0 Å². The number of rotatable bonds is 34. The fourth-order valence-electron chi connectivity index (χ4n) is 10.3. The lowest BCUT2D eigenvalue weighted by Crippen LogP contribution is -2.22. The maximum atomic E-state index is 14.2. The first-order valence-corrected chi connectivity index (χ1v) is 27.9. The second-order valence-electron chi connectivity index (χ2n) is 19.9. The molecule has 8 heteroatoms. The molecular weight excluding hydrogens is 865 g/mol. The SMILES string of the molecule is CCCCCCCCOc1cc2c(cc1NC1=CC(=O)C(Nc3cc4c5ccccc5n(CCCCCCCC)c4cc3OCCCCCCCC)=CC1=O)c1ccccc1n2CCCCCCCC. The standard InChI is InChI=1S/C62H84N4O4/c1-5-9-13-17-21-29-37-65-55-35-27-25-33-47(55)49-41-53(61(45-57(49)65)69-39-31-23-19-15-11-7-3)63-51-43-60(68)52(44-59(51)67)64-54-42-50-48-34-26-28-36-56(48)66(38-30-22-18-14-10-6-2)58(50)46-62(54)70-40-32-24-20-16-12-8-4/h25-28,33-36,41-46,63-64H,5-24,29-32,37-40H2,1-4H3. The first-order chi connectivity index (χ1) is 34.4. The Balaban J connectivity index is 1.15. The summed E-state index contributed by atoms with van der Waals surface area (Å²) in [6, 6.07) is 25.7. The third-order valence-electron chi connectivity index (χ3n) is 14.3. The molecule has 6 aromatic rings. The van der Waals surface area contributed by atoms with Crippen molar-refractivity contribution in [2.45, 2.75) is 195 Å². The maximum absolute atomic E-state index is 14.2. The normalized spacial score (nSPS) is 13.0. The number of para-hydroxylation sites is 2. The van der Waals surface area contributed by atoms with Crippen LogP contribution < -0.4 is 20.1 Å². The van der Waals surface area contributed by atoms with E-state index in [1.165, 1.54) is 139 Å². The second-order valence-corrected chi connectivity index (χ2v) is 19.9. The largest absolute Gasteiger partial charge is 0.491 e. The number of nitrogens with one attached hydrogen (secondary N) is 2. The van der Waals surface area contributed by atoms with Crippen LogP contribution in [0.2, 0.25) is 0 Å². The van der Waals surface area contributed by atoms with Crippen LogP contribution >= 0.6 is 0 Å². The van der Waals surface area contributed by atoms with Crippen LogP contribution in [0.3, 0.4) is 0 Å². The van der Waals surface area contributed by atoms with Gasteiger partial charge in [-0.3, -0.25) is 9.59 Å². The van der Waals surface area contributed by atoms with E-state index < -0.39 is 0 Å². The highest BCUT2D eigenvalue weighted by Gasteiger charge is 2.25. The van der Waals surface area contributed by atoms with E-state index in [4.69, 9.17) is 9.47 Å². The molecular formula is C62H84N4O4. The molecule has 8 nitrogen and oxygen atoms in total. The van der Waals surface area contributed by atoms with Gasteiger partial charge in [-0.15, -0.1) is 0 Å². The lowest BCUT2D eigenvalue weighted by molar-refractivity contribution is -0.115. The van der Waals surface area contributed by atoms with Gasteiger partial charge in [0.15, 0.2) is 0 Å². The van der Waals surface area contributed by atoms with Crippen LogP contribution in [0, 0.1) is 0 Å². The van der Waals surface area contributed by atoms with Crippen molar-refractivity contribution in [3.8, 4) is 11.5 Å². The van der Waals surface area contributed by atoms with Crippen LogP contribution in [-0.2, 0) is 22.7 Å². The molecule has 2 aromatic heterocycles. The van der Waals surface area contributed by atoms with Gasteiger partial charge < -0.3 is 29.2 Å². The predicted octanol–water partition coefficient (Wildman–Crippen LogP) is 17.5. The summed E-state index contributed by atoms with van der Waals surface area (Å²) in [7, 11) is 0. The molecule has 70 heavy (non-hydrogen) atoms. The Morgan fingerprint density at radius 3 is 1.11 bits per heavy atom. The van der Waals surface area contributed by atoms with Gasteiger partial charge in [0.25, 0.3) is 0 Å². The van der Waals surface area contributed by atoms with Crippen molar-refractivity contribution in [1.82, 2.24) is 9.13 Å². The van der Waals surface area contributed by atoms with Gasteiger partial charge in [0.05, 0.1) is 47.0 Å². The Bertz CT molecular complexity index is 2500. The number of hydrogen-bond acceptors (Lipinski definition) is 6. The molecule has 7 rings (SSSR count). The number of ether oxygens (including phenoxy) is 2. The summed E-state index contributed by atoms with van der Waals surface area (Å²) < 4.78 is 18.1. The van der Waals surface area contributed by atoms with Gasteiger partial charge in [-0.1, -0.05) is 193 Å². The molecule has 0 amide bonds. The first kappa shape index (κ1) is 52.3. The van der Waals surface area contributed by atoms with Gasteiger partial charge in [-0.25, -0.2) is 0 Å². The molecule has 4 aromatic carbocycles. The van der Waals surface area contributed by atoms with Crippen molar-refractivity contribution < 1.29 is 19.1 Å². The van der Waals surface area contributed by atoms with E-state index in [0.717, 1.165) is 84.2 Å². The maximum Gasteiger partial charge on any atom is 0.204 e. The van der Waals surface area contributed by atoms with Crippen molar-refractivity contribution in [3.63, 3.8) is 0 Å². The lowest BCUT2D eigenvalue weighted by Gasteiger charge is -2.20. The second kappa shape index (κ2) is 27.8. The molecule has 0 aliphatic heterocycles. The number of hydrogen-bond donors (Lipinski definition) is 2. The highest BCUT2D eigenvalue weighted by Crippen LogP contribution is 2.40. The van der Waals surface area contributed by atoms with Gasteiger partial charge in [-0.05, 0) is 49.9 Å². The van der Waals surface area contributed by atoms with Gasteiger partial charge in [0.2, 0.25) is 11.6 Å².